The van der Waals surface area contributed by atoms with E-state index in [2.05, 4.69) is 26.6 Å². The minimum atomic E-state index is 0.319. The van der Waals surface area contributed by atoms with Gasteiger partial charge in [0.2, 0.25) is 0 Å². The zero-order valence-electron chi connectivity index (χ0n) is 19.0. The van der Waals surface area contributed by atoms with Gasteiger partial charge in [-0.05, 0) is 31.4 Å². The number of methoxy groups -OCH3 is 2. The summed E-state index contributed by atoms with van der Waals surface area (Å²) in [6.07, 6.45) is 1.91. The Morgan fingerprint density at radius 3 is 2.55 bits per heavy atom. The Hall–Kier alpha value is -3.09. The van der Waals surface area contributed by atoms with Crippen LogP contribution in [0.5, 0.6) is 17.2 Å². The Labute approximate surface area is 185 Å². The highest BCUT2D eigenvalue weighted by Crippen LogP contribution is 2.30. The number of ether oxygens (including phenoxy) is 3. The van der Waals surface area contributed by atoms with E-state index in [0.717, 1.165) is 61.4 Å². The number of aliphatic imine (C=N–C) groups is 1. The number of hydrogen-bond acceptors (Lipinski definition) is 5. The van der Waals surface area contributed by atoms with Crippen LogP contribution in [0, 0.1) is 0 Å². The summed E-state index contributed by atoms with van der Waals surface area (Å²) in [7, 11) is 5.16. The van der Waals surface area contributed by atoms with Crippen LogP contribution in [-0.2, 0) is 6.42 Å². The van der Waals surface area contributed by atoms with E-state index in [9.17, 15) is 0 Å². The Balaban J connectivity index is 1.52. The molecule has 1 atom stereocenters. The van der Waals surface area contributed by atoms with Crippen molar-refractivity contribution in [2.75, 3.05) is 52.4 Å². The molecule has 7 heteroatoms. The lowest BCUT2D eigenvalue weighted by molar-refractivity contribution is 0.336. The van der Waals surface area contributed by atoms with Crippen molar-refractivity contribution in [1.29, 1.82) is 0 Å². The monoisotopic (exact) mass is 426 g/mol. The molecule has 0 saturated carbocycles. The number of benzene rings is 2. The second kappa shape index (κ2) is 11.3. The van der Waals surface area contributed by atoms with Gasteiger partial charge in [-0.1, -0.05) is 18.2 Å². The summed E-state index contributed by atoms with van der Waals surface area (Å²) in [5.41, 5.74) is 2.31. The van der Waals surface area contributed by atoms with Crippen molar-refractivity contribution < 1.29 is 14.2 Å². The van der Waals surface area contributed by atoms with E-state index >= 15 is 0 Å². The van der Waals surface area contributed by atoms with Crippen molar-refractivity contribution in [3.05, 3.63) is 48.0 Å². The van der Waals surface area contributed by atoms with Crippen molar-refractivity contribution in [3.63, 3.8) is 0 Å². The molecule has 2 aromatic carbocycles. The largest absolute Gasteiger partial charge is 0.497 e. The van der Waals surface area contributed by atoms with Gasteiger partial charge < -0.3 is 29.7 Å². The molecule has 0 aromatic heterocycles. The first-order valence-corrected chi connectivity index (χ1v) is 10.8. The number of rotatable bonds is 9. The highest BCUT2D eigenvalue weighted by Gasteiger charge is 2.24. The molecule has 1 heterocycles. The summed E-state index contributed by atoms with van der Waals surface area (Å²) in [5, 5.41) is 6.98. The maximum atomic E-state index is 5.72. The van der Waals surface area contributed by atoms with Crippen LogP contribution >= 0.6 is 0 Å². The highest BCUT2D eigenvalue weighted by atomic mass is 16.5. The third kappa shape index (κ3) is 6.20. The van der Waals surface area contributed by atoms with Crippen LogP contribution in [0.25, 0.3) is 0 Å². The van der Waals surface area contributed by atoms with E-state index in [1.165, 1.54) is 5.56 Å². The van der Waals surface area contributed by atoms with Gasteiger partial charge in [0.25, 0.3) is 0 Å². The number of nitrogens with zero attached hydrogens (tertiary/aromatic N) is 2. The number of nitrogens with one attached hydrogen (secondary N) is 2. The van der Waals surface area contributed by atoms with Crippen molar-refractivity contribution >= 4 is 11.6 Å². The molecule has 2 N–H and O–H groups in total. The lowest BCUT2D eigenvalue weighted by Gasteiger charge is -2.21. The van der Waals surface area contributed by atoms with E-state index in [1.54, 1.807) is 14.2 Å². The van der Waals surface area contributed by atoms with Gasteiger partial charge in [-0.25, -0.2) is 0 Å². The fraction of sp³-hybridized carbons (Fsp3) is 0.458. The van der Waals surface area contributed by atoms with Gasteiger partial charge in [0.15, 0.2) is 5.96 Å². The average Bonchev–Trinajstić information content (AvgIpc) is 3.28. The Kier molecular flexibility index (Phi) is 8.27. The van der Waals surface area contributed by atoms with Crippen molar-refractivity contribution in [3.8, 4) is 17.2 Å². The molecule has 0 aliphatic carbocycles. The SMILES string of the molecule is CCOc1ccccc1CCNC(=NC)NC1CCN(c2cc(OC)cc(OC)c2)C1. The number of guanidine groups is 1. The predicted molar refractivity (Wildman–Crippen MR) is 126 cm³/mol. The van der Waals surface area contributed by atoms with Crippen molar-refractivity contribution in [2.45, 2.75) is 25.8 Å². The van der Waals surface area contributed by atoms with Crippen molar-refractivity contribution in [1.82, 2.24) is 10.6 Å². The molecule has 0 amide bonds. The van der Waals surface area contributed by atoms with Gasteiger partial charge in [-0.2, -0.15) is 0 Å². The Morgan fingerprint density at radius 2 is 1.87 bits per heavy atom. The van der Waals surface area contributed by atoms with Crippen LogP contribution in [0.15, 0.2) is 47.5 Å². The fourth-order valence-corrected chi connectivity index (χ4v) is 3.80. The molecule has 31 heavy (non-hydrogen) atoms. The molecule has 1 aliphatic heterocycles. The average molecular weight is 427 g/mol. The summed E-state index contributed by atoms with van der Waals surface area (Å²) >= 11 is 0. The second-order valence-electron chi connectivity index (χ2n) is 7.44. The van der Waals surface area contributed by atoms with Gasteiger partial charge in [-0.3, -0.25) is 4.99 Å². The maximum Gasteiger partial charge on any atom is 0.191 e. The van der Waals surface area contributed by atoms with Crippen LogP contribution in [0.1, 0.15) is 18.9 Å². The van der Waals surface area contributed by atoms with Gasteiger partial charge in [-0.15, -0.1) is 0 Å². The predicted octanol–water partition coefficient (Wildman–Crippen LogP) is 3.09. The quantitative estimate of drug-likeness (QED) is 0.475. The highest BCUT2D eigenvalue weighted by molar-refractivity contribution is 5.80. The molecule has 2 aromatic rings. The summed E-state index contributed by atoms with van der Waals surface area (Å²) in [5.74, 6) is 3.38. The molecule has 0 bridgehead atoms. The van der Waals surface area contributed by atoms with Gasteiger partial charge in [0.1, 0.15) is 17.2 Å². The molecule has 7 nitrogen and oxygen atoms in total. The van der Waals surface area contributed by atoms with Gasteiger partial charge in [0, 0.05) is 56.6 Å². The molecule has 1 saturated heterocycles. The summed E-state index contributed by atoms with van der Waals surface area (Å²) in [6, 6.07) is 14.5. The minimum Gasteiger partial charge on any atom is -0.497 e. The smallest absolute Gasteiger partial charge is 0.191 e. The first-order chi connectivity index (χ1) is 15.2. The molecule has 1 unspecified atom stereocenters. The standard InChI is InChI=1S/C24H34N4O3/c1-5-31-23-9-7-6-8-18(23)10-12-26-24(25-2)27-19-11-13-28(17-19)20-14-21(29-3)16-22(15-20)30-4/h6-9,14-16,19H,5,10-13,17H2,1-4H3,(H2,25,26,27). The molecule has 168 valence electrons. The number of para-hydroxylation sites is 1. The maximum absolute atomic E-state index is 5.72. The zero-order chi connectivity index (χ0) is 22.1. The van der Waals surface area contributed by atoms with E-state index in [-0.39, 0.29) is 0 Å². The molecule has 1 aliphatic rings. The van der Waals surface area contributed by atoms with Crippen molar-refractivity contribution in [2.24, 2.45) is 4.99 Å². The third-order valence-electron chi connectivity index (χ3n) is 5.41. The molecule has 0 spiro atoms. The molecule has 3 rings (SSSR count). The van der Waals surface area contributed by atoms with E-state index in [4.69, 9.17) is 14.2 Å². The van der Waals surface area contributed by atoms with Gasteiger partial charge in [0.05, 0.1) is 20.8 Å². The molecule has 0 radical (unpaired) electrons. The zero-order valence-corrected chi connectivity index (χ0v) is 19.0. The first-order valence-electron chi connectivity index (χ1n) is 10.8. The van der Waals surface area contributed by atoms with E-state index in [1.807, 2.05) is 50.4 Å². The van der Waals surface area contributed by atoms with Crippen LogP contribution in [-0.4, -0.2) is 59.5 Å². The molecule has 1 fully saturated rings. The number of anilines is 1. The molecular formula is C24H34N4O3. The van der Waals surface area contributed by atoms with E-state index < -0.39 is 0 Å². The lowest BCUT2D eigenvalue weighted by atomic mass is 10.1. The van der Waals surface area contributed by atoms with E-state index in [0.29, 0.717) is 12.6 Å². The number of hydrogen-bond donors (Lipinski definition) is 2. The summed E-state index contributed by atoms with van der Waals surface area (Å²) < 4.78 is 16.5. The van der Waals surface area contributed by atoms with Crippen LogP contribution < -0.4 is 29.7 Å². The van der Waals surface area contributed by atoms with Gasteiger partial charge >= 0.3 is 0 Å². The summed E-state index contributed by atoms with van der Waals surface area (Å²) in [6.45, 7) is 5.32. The second-order valence-corrected chi connectivity index (χ2v) is 7.44. The normalized spacial score (nSPS) is 16.2. The van der Waals surface area contributed by atoms with Crippen LogP contribution in [0.3, 0.4) is 0 Å². The minimum absolute atomic E-state index is 0.319. The van der Waals surface area contributed by atoms with Crippen LogP contribution in [0.2, 0.25) is 0 Å². The Morgan fingerprint density at radius 1 is 1.13 bits per heavy atom. The lowest BCUT2D eigenvalue weighted by Crippen LogP contribution is -2.45. The topological polar surface area (TPSA) is 67.4 Å². The summed E-state index contributed by atoms with van der Waals surface area (Å²) in [4.78, 5) is 6.74. The fourth-order valence-electron chi connectivity index (χ4n) is 3.80. The third-order valence-corrected chi connectivity index (χ3v) is 5.41. The van der Waals surface area contributed by atoms with Crippen LogP contribution in [0.4, 0.5) is 5.69 Å². The first kappa shape index (κ1) is 22.6. The molecular weight excluding hydrogens is 392 g/mol. The Bertz CT molecular complexity index is 849.